The molecule has 1 amide bonds. The van der Waals surface area contributed by atoms with E-state index in [1.165, 1.54) is 0 Å². The Labute approximate surface area is 118 Å². The second-order valence-corrected chi connectivity index (χ2v) is 4.46. The third kappa shape index (κ3) is 2.66. The highest BCUT2D eigenvalue weighted by Gasteiger charge is 2.19. The van der Waals surface area contributed by atoms with Gasteiger partial charge in [0.15, 0.2) is 0 Å². The van der Waals surface area contributed by atoms with Crippen molar-refractivity contribution in [2.45, 2.75) is 20.3 Å². The van der Waals surface area contributed by atoms with Crippen LogP contribution in [0.15, 0.2) is 22.8 Å². The Morgan fingerprint density at radius 3 is 2.50 bits per heavy atom. The summed E-state index contributed by atoms with van der Waals surface area (Å²) in [4.78, 5) is 16.1. The molecule has 0 aromatic heterocycles. The van der Waals surface area contributed by atoms with Crippen molar-refractivity contribution in [2.24, 2.45) is 4.99 Å². The predicted octanol–water partition coefficient (Wildman–Crippen LogP) is 2.29. The summed E-state index contributed by atoms with van der Waals surface area (Å²) >= 11 is 0. The molecule has 0 spiro atoms. The lowest BCUT2D eigenvalue weighted by Gasteiger charge is -2.10. The number of amidine groups is 1. The fourth-order valence-electron chi connectivity index (χ4n) is 2.02. The van der Waals surface area contributed by atoms with Gasteiger partial charge in [0.1, 0.15) is 23.0 Å². The molecule has 1 aromatic rings. The van der Waals surface area contributed by atoms with E-state index >= 15 is 0 Å². The first-order valence-corrected chi connectivity index (χ1v) is 6.42. The molecule has 5 heteroatoms. The molecule has 1 aliphatic rings. The summed E-state index contributed by atoms with van der Waals surface area (Å²) in [6, 6.07) is 3.72. The minimum atomic E-state index is -0.191. The molecule has 0 fully saturated rings. The number of aryl methyl sites for hydroxylation is 1. The molecule has 0 bridgehead atoms. The third-order valence-corrected chi connectivity index (χ3v) is 3.12. The van der Waals surface area contributed by atoms with Crippen molar-refractivity contribution in [1.29, 1.82) is 0 Å². The van der Waals surface area contributed by atoms with Crippen LogP contribution in [0.5, 0.6) is 11.5 Å². The maximum atomic E-state index is 11.8. The van der Waals surface area contributed by atoms with E-state index in [0.29, 0.717) is 23.7 Å². The van der Waals surface area contributed by atoms with Crippen molar-refractivity contribution in [3.05, 3.63) is 29.0 Å². The maximum Gasteiger partial charge on any atom is 0.275 e. The monoisotopic (exact) mass is 274 g/mol. The van der Waals surface area contributed by atoms with Crippen LogP contribution in [0.25, 0.3) is 6.08 Å². The summed E-state index contributed by atoms with van der Waals surface area (Å²) in [6.07, 6.45) is 2.40. The number of aliphatic imine (C=N–C) groups is 1. The van der Waals surface area contributed by atoms with E-state index in [0.717, 1.165) is 16.9 Å². The quantitative estimate of drug-likeness (QED) is 0.857. The fraction of sp³-hybridized carbons (Fsp3) is 0.333. The zero-order valence-corrected chi connectivity index (χ0v) is 12.1. The highest BCUT2D eigenvalue weighted by Crippen LogP contribution is 2.30. The summed E-state index contributed by atoms with van der Waals surface area (Å²) in [5, 5.41) is 2.72. The molecule has 1 aliphatic heterocycles. The standard InChI is InChI=1S/C15H18N2O3/c1-5-14-16-11(15(18)17-14)7-10-8-12(19-3)9(2)6-13(10)20-4/h6-8H,5H2,1-4H3,(H,16,17,18)/b11-7+. The first-order valence-electron chi connectivity index (χ1n) is 6.42. The van der Waals surface area contributed by atoms with Gasteiger partial charge in [-0.3, -0.25) is 4.79 Å². The van der Waals surface area contributed by atoms with Crippen LogP contribution in [0.2, 0.25) is 0 Å². The lowest BCUT2D eigenvalue weighted by Crippen LogP contribution is -2.23. The summed E-state index contributed by atoms with van der Waals surface area (Å²) in [6.45, 7) is 3.88. The summed E-state index contributed by atoms with van der Waals surface area (Å²) in [5.41, 5.74) is 2.12. The fourth-order valence-corrected chi connectivity index (χ4v) is 2.02. The molecule has 0 saturated heterocycles. The van der Waals surface area contributed by atoms with Crippen LogP contribution >= 0.6 is 0 Å². The second kappa shape index (κ2) is 5.77. The number of carbonyl (C=O) groups excluding carboxylic acids is 1. The van der Waals surface area contributed by atoms with Crippen LogP contribution < -0.4 is 14.8 Å². The highest BCUT2D eigenvalue weighted by atomic mass is 16.5. The lowest BCUT2D eigenvalue weighted by molar-refractivity contribution is -0.115. The Kier molecular flexibility index (Phi) is 4.08. The number of rotatable bonds is 4. The highest BCUT2D eigenvalue weighted by molar-refractivity contribution is 6.14. The molecule has 0 radical (unpaired) electrons. The van der Waals surface area contributed by atoms with Crippen molar-refractivity contribution in [2.75, 3.05) is 14.2 Å². The van der Waals surface area contributed by atoms with Crippen LogP contribution in [-0.2, 0) is 4.79 Å². The minimum Gasteiger partial charge on any atom is -0.496 e. The summed E-state index contributed by atoms with van der Waals surface area (Å²) < 4.78 is 10.6. The van der Waals surface area contributed by atoms with Gasteiger partial charge in [-0.2, -0.15) is 0 Å². The molecule has 1 aromatic carbocycles. The van der Waals surface area contributed by atoms with Gasteiger partial charge in [0.25, 0.3) is 5.91 Å². The summed E-state index contributed by atoms with van der Waals surface area (Å²) in [7, 11) is 3.21. The smallest absolute Gasteiger partial charge is 0.275 e. The molecular formula is C15H18N2O3. The van der Waals surface area contributed by atoms with Gasteiger partial charge in [-0.1, -0.05) is 6.92 Å². The first-order chi connectivity index (χ1) is 9.58. The van der Waals surface area contributed by atoms with Gasteiger partial charge in [-0.15, -0.1) is 0 Å². The third-order valence-electron chi connectivity index (χ3n) is 3.12. The first kappa shape index (κ1) is 14.1. The van der Waals surface area contributed by atoms with Crippen molar-refractivity contribution >= 4 is 17.8 Å². The van der Waals surface area contributed by atoms with E-state index < -0.39 is 0 Å². The molecule has 0 saturated carbocycles. The number of hydrogen-bond acceptors (Lipinski definition) is 4. The van der Waals surface area contributed by atoms with E-state index in [1.54, 1.807) is 20.3 Å². The molecule has 0 aliphatic carbocycles. The molecule has 1 N–H and O–H groups in total. The van der Waals surface area contributed by atoms with Gasteiger partial charge in [0.05, 0.1) is 14.2 Å². The predicted molar refractivity (Wildman–Crippen MR) is 78.1 cm³/mol. The second-order valence-electron chi connectivity index (χ2n) is 4.46. The van der Waals surface area contributed by atoms with Crippen LogP contribution in [0.3, 0.4) is 0 Å². The number of carbonyl (C=O) groups is 1. The van der Waals surface area contributed by atoms with E-state index in [2.05, 4.69) is 10.3 Å². The van der Waals surface area contributed by atoms with E-state index in [-0.39, 0.29) is 5.91 Å². The average Bonchev–Trinajstić information content (AvgIpc) is 2.80. The molecule has 106 valence electrons. The Morgan fingerprint density at radius 2 is 1.95 bits per heavy atom. The SMILES string of the molecule is CCC1=N/C(=C/c2cc(OC)c(C)cc2OC)C(=O)N1. The molecular weight excluding hydrogens is 256 g/mol. The van der Waals surface area contributed by atoms with Crippen molar-refractivity contribution in [3.8, 4) is 11.5 Å². The molecule has 2 rings (SSSR count). The van der Waals surface area contributed by atoms with Gasteiger partial charge in [0.2, 0.25) is 0 Å². The average molecular weight is 274 g/mol. The number of benzene rings is 1. The Hall–Kier alpha value is -2.30. The lowest BCUT2D eigenvalue weighted by atomic mass is 10.1. The van der Waals surface area contributed by atoms with Crippen LogP contribution in [0.4, 0.5) is 0 Å². The normalized spacial score (nSPS) is 16.1. The number of hydrogen-bond donors (Lipinski definition) is 1. The van der Waals surface area contributed by atoms with Crippen molar-refractivity contribution < 1.29 is 14.3 Å². The zero-order valence-electron chi connectivity index (χ0n) is 12.1. The van der Waals surface area contributed by atoms with Gasteiger partial charge >= 0.3 is 0 Å². The minimum absolute atomic E-state index is 0.191. The molecule has 20 heavy (non-hydrogen) atoms. The largest absolute Gasteiger partial charge is 0.496 e. The number of ether oxygens (including phenoxy) is 2. The van der Waals surface area contributed by atoms with E-state index in [1.807, 2.05) is 26.0 Å². The van der Waals surface area contributed by atoms with Crippen molar-refractivity contribution in [1.82, 2.24) is 5.32 Å². The van der Waals surface area contributed by atoms with Gasteiger partial charge in [-0.25, -0.2) is 4.99 Å². The van der Waals surface area contributed by atoms with E-state index in [9.17, 15) is 4.79 Å². The maximum absolute atomic E-state index is 11.8. The molecule has 0 unspecified atom stereocenters. The zero-order chi connectivity index (χ0) is 14.7. The Balaban J connectivity index is 2.47. The number of amides is 1. The van der Waals surface area contributed by atoms with E-state index in [4.69, 9.17) is 9.47 Å². The topological polar surface area (TPSA) is 59.9 Å². The summed E-state index contributed by atoms with van der Waals surface area (Å²) in [5.74, 6) is 1.92. The van der Waals surface area contributed by atoms with Crippen LogP contribution in [0.1, 0.15) is 24.5 Å². The number of nitrogens with one attached hydrogen (secondary N) is 1. The number of nitrogens with zero attached hydrogens (tertiary/aromatic N) is 1. The van der Waals surface area contributed by atoms with Gasteiger partial charge < -0.3 is 14.8 Å². The Morgan fingerprint density at radius 1 is 1.25 bits per heavy atom. The van der Waals surface area contributed by atoms with Crippen molar-refractivity contribution in [3.63, 3.8) is 0 Å². The van der Waals surface area contributed by atoms with Crippen LogP contribution in [0, 0.1) is 6.92 Å². The van der Waals surface area contributed by atoms with Crippen LogP contribution in [-0.4, -0.2) is 26.0 Å². The molecule has 1 heterocycles. The van der Waals surface area contributed by atoms with Gasteiger partial charge in [0, 0.05) is 12.0 Å². The number of methoxy groups -OCH3 is 2. The molecule has 0 atom stereocenters. The van der Waals surface area contributed by atoms with Gasteiger partial charge in [-0.05, 0) is 30.7 Å². The Bertz CT molecular complexity index is 603. The molecule has 5 nitrogen and oxygen atoms in total.